The van der Waals surface area contributed by atoms with Crippen molar-refractivity contribution in [2.45, 2.75) is 96.8 Å². The van der Waals surface area contributed by atoms with Crippen molar-refractivity contribution in [2.24, 2.45) is 0 Å². The average Bonchev–Trinajstić information content (AvgIpc) is 1.04. The second-order valence-electron chi connectivity index (χ2n) is 30.2. The Kier molecular flexibility index (Phi) is 132. The summed E-state index contributed by atoms with van der Waals surface area (Å²) < 4.78 is 221. The van der Waals surface area contributed by atoms with Gasteiger partial charge in [-0.25, -0.2) is 0 Å². The van der Waals surface area contributed by atoms with E-state index < -0.39 is 0 Å². The number of aliphatic hydroxyl groups is 1. The van der Waals surface area contributed by atoms with Crippen LogP contribution in [0.25, 0.3) is 0 Å². The van der Waals surface area contributed by atoms with E-state index in [1.807, 2.05) is 0 Å². The van der Waals surface area contributed by atoms with Crippen LogP contribution in [0, 0.1) is 0 Å². The zero-order valence-corrected chi connectivity index (χ0v) is 86.3. The van der Waals surface area contributed by atoms with Crippen molar-refractivity contribution in [2.75, 3.05) is 529 Å². The zero-order valence-electron chi connectivity index (χ0n) is 86.3. The molecule has 0 aliphatic rings. The van der Waals surface area contributed by atoms with Crippen LogP contribution in [0.3, 0.4) is 0 Å². The Hall–Kier alpha value is -2.39. The van der Waals surface area contributed by atoms with E-state index in [0.717, 1.165) is 19.3 Å². The van der Waals surface area contributed by atoms with Crippen LogP contribution in [0.15, 0.2) is 12.2 Å². The molecule has 0 bridgehead atoms. The zero-order chi connectivity index (χ0) is 99.7. The summed E-state index contributed by atoms with van der Waals surface area (Å²) in [4.78, 5) is 12.0. The van der Waals surface area contributed by atoms with E-state index in [0.29, 0.717) is 522 Å². The molecule has 0 aromatic carbocycles. The standard InChI is InChI=1S/C98H194O42/c1-2-3-4-5-6-7-8-9-10-11-12-13-14-15-16-17-98(100)140-97-96-139-95-94-138-93-92-137-91-90-136-89-88-135-87-86-134-85-84-133-83-82-132-81-80-131-79-78-130-77-76-129-75-74-128-73-72-127-71-70-126-69-68-125-67-66-124-65-64-123-63-62-122-61-60-121-59-58-120-57-56-119-55-54-118-53-52-117-51-50-116-49-48-115-47-46-114-45-44-113-43-42-112-41-40-111-39-38-110-37-36-109-35-34-108-33-32-107-31-30-106-29-28-105-27-26-104-25-24-103-23-22-102-21-20-101-19-18-99/h9-10,99H,2-8,11-97H2,1H3/b10-9-. The fourth-order valence-corrected chi connectivity index (χ4v) is 11.1. The molecule has 0 fully saturated rings. The summed E-state index contributed by atoms with van der Waals surface area (Å²) in [6.45, 7) is 39.4. The van der Waals surface area contributed by atoms with E-state index in [2.05, 4.69) is 19.1 Å². The van der Waals surface area contributed by atoms with Gasteiger partial charge in [-0.3, -0.25) is 4.79 Å². The largest absolute Gasteiger partial charge is 0.463 e. The van der Waals surface area contributed by atoms with Crippen molar-refractivity contribution >= 4 is 5.97 Å². The van der Waals surface area contributed by atoms with Gasteiger partial charge in [0.05, 0.1) is 522 Å². The van der Waals surface area contributed by atoms with E-state index in [-0.39, 0.29) is 19.2 Å². The minimum absolute atomic E-state index is 0.0145. The van der Waals surface area contributed by atoms with Crippen LogP contribution in [-0.2, 0) is 194 Å². The third-order valence-corrected chi connectivity index (χ3v) is 18.5. The van der Waals surface area contributed by atoms with E-state index in [9.17, 15) is 4.79 Å². The number of rotatable bonds is 134. The molecule has 0 atom stereocenters. The average molecular weight is 2040 g/mol. The molecule has 0 saturated heterocycles. The molecule has 0 radical (unpaired) electrons. The molecule has 0 rings (SSSR count). The van der Waals surface area contributed by atoms with Crippen molar-refractivity contribution in [3.05, 3.63) is 12.2 Å². The summed E-state index contributed by atoms with van der Waals surface area (Å²) in [6.07, 6.45) is 21.2. The maximum atomic E-state index is 12.0. The van der Waals surface area contributed by atoms with Crippen LogP contribution in [0.2, 0.25) is 0 Å². The molecule has 0 aromatic rings. The van der Waals surface area contributed by atoms with Crippen LogP contribution in [-0.4, -0.2) is 540 Å². The number of carbonyl (C=O) groups is 1. The van der Waals surface area contributed by atoms with Crippen molar-refractivity contribution in [1.29, 1.82) is 0 Å². The smallest absolute Gasteiger partial charge is 0.305 e. The predicted molar refractivity (Wildman–Crippen MR) is 519 cm³/mol. The Balaban J connectivity index is 3.12. The molecule has 140 heavy (non-hydrogen) atoms. The molecular formula is C98H194O42. The normalized spacial score (nSPS) is 11.9. The first kappa shape index (κ1) is 138. The molecule has 0 aliphatic heterocycles. The Morgan fingerprint density at radius 3 is 0.379 bits per heavy atom. The van der Waals surface area contributed by atoms with Gasteiger partial charge in [0.1, 0.15) is 6.61 Å². The summed E-state index contributed by atoms with van der Waals surface area (Å²) in [5, 5.41) is 8.63. The Morgan fingerprint density at radius 2 is 0.250 bits per heavy atom. The van der Waals surface area contributed by atoms with Crippen LogP contribution in [0.1, 0.15) is 96.8 Å². The topological polar surface area (TPSA) is 407 Å². The number of carbonyl (C=O) groups excluding carboxylic acids is 1. The molecule has 0 aliphatic carbocycles. The molecule has 42 heteroatoms. The van der Waals surface area contributed by atoms with Crippen molar-refractivity contribution in [3.8, 4) is 0 Å². The highest BCUT2D eigenvalue weighted by atomic mass is 16.6. The highest BCUT2D eigenvalue weighted by Gasteiger charge is 2.08. The van der Waals surface area contributed by atoms with Gasteiger partial charge in [0.15, 0.2) is 0 Å². The summed E-state index contributed by atoms with van der Waals surface area (Å²) in [5.74, 6) is -0.150. The third-order valence-electron chi connectivity index (χ3n) is 18.5. The molecular weight excluding hydrogens is 1850 g/mol. The molecule has 838 valence electrons. The van der Waals surface area contributed by atoms with Crippen LogP contribution >= 0.6 is 0 Å². The van der Waals surface area contributed by atoms with Gasteiger partial charge < -0.3 is 195 Å². The highest BCUT2D eigenvalue weighted by Crippen LogP contribution is 2.11. The highest BCUT2D eigenvalue weighted by molar-refractivity contribution is 5.69. The summed E-state index contributed by atoms with van der Waals surface area (Å²) in [7, 11) is 0. The van der Waals surface area contributed by atoms with Gasteiger partial charge >= 0.3 is 5.97 Å². The maximum Gasteiger partial charge on any atom is 0.305 e. The second kappa shape index (κ2) is 135. The van der Waals surface area contributed by atoms with Gasteiger partial charge in [-0.05, 0) is 32.1 Å². The van der Waals surface area contributed by atoms with Crippen LogP contribution in [0.4, 0.5) is 0 Å². The lowest BCUT2D eigenvalue weighted by atomic mass is 10.1. The first-order valence-electron chi connectivity index (χ1n) is 51.7. The number of esters is 1. The molecule has 0 aromatic heterocycles. The van der Waals surface area contributed by atoms with Crippen molar-refractivity contribution in [1.82, 2.24) is 0 Å². The van der Waals surface area contributed by atoms with E-state index in [4.69, 9.17) is 195 Å². The Labute approximate surface area is 839 Å². The number of ether oxygens (including phenoxy) is 40. The van der Waals surface area contributed by atoms with E-state index in [1.165, 1.54) is 64.2 Å². The molecule has 0 unspecified atom stereocenters. The van der Waals surface area contributed by atoms with Gasteiger partial charge in [0.2, 0.25) is 0 Å². The SMILES string of the molecule is CCCCCCCC/C=C\CCCCCCCC(=O)OCCOCCOCCOCCOCCOCCOCCOCCOCCOCCOCCOCCOCCOCCOCCOCCOCCOCCOCCOCCOCCOCCOCCOCCOCCOCCOCCOCCOCCOCCOCCOCCOCCOCCOCCOCCOCCOCCOCCOCCO. The van der Waals surface area contributed by atoms with Crippen molar-refractivity contribution < 1.29 is 199 Å². The monoisotopic (exact) mass is 2040 g/mol. The van der Waals surface area contributed by atoms with E-state index >= 15 is 0 Å². The van der Waals surface area contributed by atoms with Crippen LogP contribution in [0.5, 0.6) is 0 Å². The summed E-state index contributed by atoms with van der Waals surface area (Å²) in [6, 6.07) is 0. The van der Waals surface area contributed by atoms with E-state index in [1.54, 1.807) is 0 Å². The van der Waals surface area contributed by atoms with Crippen LogP contribution < -0.4 is 0 Å². The van der Waals surface area contributed by atoms with Gasteiger partial charge in [0, 0.05) is 6.42 Å². The second-order valence-corrected chi connectivity index (χ2v) is 30.2. The lowest BCUT2D eigenvalue weighted by molar-refractivity contribution is -0.145. The summed E-state index contributed by atoms with van der Waals surface area (Å²) in [5.41, 5.74) is 0. The quantitative estimate of drug-likeness (QED) is 0.0402. The van der Waals surface area contributed by atoms with Gasteiger partial charge in [-0.15, -0.1) is 0 Å². The molecule has 0 heterocycles. The number of unbranched alkanes of at least 4 members (excludes halogenated alkanes) is 11. The fraction of sp³-hybridized carbons (Fsp3) is 0.969. The molecule has 42 nitrogen and oxygen atoms in total. The summed E-state index contributed by atoms with van der Waals surface area (Å²) >= 11 is 0. The first-order chi connectivity index (χ1) is 69.8. The number of hydrogen-bond acceptors (Lipinski definition) is 42. The molecule has 0 amide bonds. The fourth-order valence-electron chi connectivity index (χ4n) is 11.1. The van der Waals surface area contributed by atoms with Gasteiger partial charge in [0.25, 0.3) is 0 Å². The lowest BCUT2D eigenvalue weighted by Crippen LogP contribution is -2.16. The van der Waals surface area contributed by atoms with Gasteiger partial charge in [-0.2, -0.15) is 0 Å². The molecule has 1 N–H and O–H groups in total. The minimum atomic E-state index is -0.150. The number of allylic oxidation sites excluding steroid dienone is 2. The predicted octanol–water partition coefficient (Wildman–Crippen LogP) is 6.21. The van der Waals surface area contributed by atoms with Crippen molar-refractivity contribution in [3.63, 3.8) is 0 Å². The number of aliphatic hydroxyl groups excluding tert-OH is 1. The first-order valence-corrected chi connectivity index (χ1v) is 51.7. The third kappa shape index (κ3) is 134. The van der Waals surface area contributed by atoms with Gasteiger partial charge in [-0.1, -0.05) is 70.4 Å². The minimum Gasteiger partial charge on any atom is -0.463 e. The Bertz CT molecular complexity index is 2110. The molecule has 0 saturated carbocycles. The number of hydrogen-bond donors (Lipinski definition) is 1. The lowest BCUT2D eigenvalue weighted by Gasteiger charge is -2.09. The maximum absolute atomic E-state index is 12.0. The molecule has 0 spiro atoms. The Morgan fingerprint density at radius 1 is 0.143 bits per heavy atom.